The molecular formula is C11H18N2O2S. The SMILES string of the molecule is NC(CCCCOCCc1cccs1)=NO. The molecule has 1 rings (SSSR count). The van der Waals surface area contributed by atoms with Crippen LogP contribution < -0.4 is 5.73 Å². The summed E-state index contributed by atoms with van der Waals surface area (Å²) in [5, 5.41) is 13.3. The van der Waals surface area contributed by atoms with Crippen LogP contribution in [0.25, 0.3) is 0 Å². The predicted molar refractivity (Wildman–Crippen MR) is 66.1 cm³/mol. The van der Waals surface area contributed by atoms with Crippen molar-refractivity contribution in [2.24, 2.45) is 10.9 Å². The topological polar surface area (TPSA) is 67.8 Å². The Morgan fingerprint density at radius 1 is 1.44 bits per heavy atom. The fourth-order valence-electron chi connectivity index (χ4n) is 1.29. The second kappa shape index (κ2) is 8.13. The van der Waals surface area contributed by atoms with Crippen molar-refractivity contribution in [1.29, 1.82) is 0 Å². The Kier molecular flexibility index (Phi) is 6.60. The fourth-order valence-corrected chi connectivity index (χ4v) is 1.98. The van der Waals surface area contributed by atoms with Gasteiger partial charge in [0, 0.05) is 24.3 Å². The first kappa shape index (κ1) is 13.0. The van der Waals surface area contributed by atoms with E-state index in [1.807, 2.05) is 0 Å². The maximum atomic E-state index is 8.31. The van der Waals surface area contributed by atoms with Crippen LogP contribution in [0.1, 0.15) is 24.1 Å². The lowest BCUT2D eigenvalue weighted by Gasteiger charge is -2.02. The molecule has 0 saturated heterocycles. The Hall–Kier alpha value is -1.07. The van der Waals surface area contributed by atoms with Gasteiger partial charge >= 0.3 is 0 Å². The predicted octanol–water partition coefficient (Wildman–Crippen LogP) is 2.22. The van der Waals surface area contributed by atoms with Crippen LogP contribution in [0.3, 0.4) is 0 Å². The molecule has 0 aliphatic heterocycles. The number of ether oxygens (including phenoxy) is 1. The zero-order valence-electron chi connectivity index (χ0n) is 9.26. The number of nitrogens with zero attached hydrogens (tertiary/aromatic N) is 1. The van der Waals surface area contributed by atoms with Gasteiger partial charge in [-0.1, -0.05) is 11.2 Å². The van der Waals surface area contributed by atoms with E-state index in [2.05, 4.69) is 22.7 Å². The highest BCUT2D eigenvalue weighted by atomic mass is 32.1. The summed E-state index contributed by atoms with van der Waals surface area (Å²) in [7, 11) is 0. The molecular weight excluding hydrogens is 224 g/mol. The van der Waals surface area contributed by atoms with Gasteiger partial charge in [0.25, 0.3) is 0 Å². The molecule has 0 bridgehead atoms. The lowest BCUT2D eigenvalue weighted by Crippen LogP contribution is -2.11. The minimum Gasteiger partial charge on any atom is -0.409 e. The number of hydrogen-bond acceptors (Lipinski definition) is 4. The molecule has 0 radical (unpaired) electrons. The largest absolute Gasteiger partial charge is 0.409 e. The second-order valence-corrected chi connectivity index (χ2v) is 4.52. The Labute approximate surface area is 99.7 Å². The summed E-state index contributed by atoms with van der Waals surface area (Å²) in [5.41, 5.74) is 5.34. The van der Waals surface area contributed by atoms with Crippen LogP contribution in [0.5, 0.6) is 0 Å². The molecule has 3 N–H and O–H groups in total. The summed E-state index contributed by atoms with van der Waals surface area (Å²) >= 11 is 1.76. The molecule has 0 aliphatic carbocycles. The van der Waals surface area contributed by atoms with Crippen molar-refractivity contribution in [3.05, 3.63) is 22.4 Å². The summed E-state index contributed by atoms with van der Waals surface area (Å²) in [6.45, 7) is 1.51. The summed E-state index contributed by atoms with van der Waals surface area (Å²) in [4.78, 5) is 1.36. The van der Waals surface area contributed by atoms with Gasteiger partial charge in [-0.25, -0.2) is 0 Å². The number of oxime groups is 1. The monoisotopic (exact) mass is 242 g/mol. The quantitative estimate of drug-likeness (QED) is 0.241. The number of unbranched alkanes of at least 4 members (excludes halogenated alkanes) is 1. The molecule has 90 valence electrons. The summed E-state index contributed by atoms with van der Waals surface area (Å²) in [6.07, 6.45) is 3.46. The molecule has 4 nitrogen and oxygen atoms in total. The Bertz CT molecular complexity index is 299. The van der Waals surface area contributed by atoms with Gasteiger partial charge in [0.1, 0.15) is 5.84 Å². The van der Waals surface area contributed by atoms with E-state index in [0.717, 1.165) is 32.5 Å². The van der Waals surface area contributed by atoms with Gasteiger partial charge in [0.15, 0.2) is 0 Å². The van der Waals surface area contributed by atoms with Crippen molar-refractivity contribution in [2.75, 3.05) is 13.2 Å². The first-order valence-corrected chi connectivity index (χ1v) is 6.27. The standard InChI is InChI=1S/C11H18N2O2S/c12-11(13-14)5-1-2-7-15-8-6-10-4-3-9-16-10/h3-4,9,14H,1-2,5-8H2,(H2,12,13). The van der Waals surface area contributed by atoms with E-state index < -0.39 is 0 Å². The van der Waals surface area contributed by atoms with E-state index in [1.165, 1.54) is 4.88 Å². The molecule has 1 aromatic rings. The molecule has 5 heteroatoms. The Morgan fingerprint density at radius 2 is 2.31 bits per heavy atom. The maximum Gasteiger partial charge on any atom is 0.139 e. The van der Waals surface area contributed by atoms with Crippen LogP contribution in [-0.4, -0.2) is 24.3 Å². The van der Waals surface area contributed by atoms with Crippen LogP contribution in [0.4, 0.5) is 0 Å². The van der Waals surface area contributed by atoms with Crippen LogP contribution in [0.15, 0.2) is 22.7 Å². The molecule has 0 amide bonds. The second-order valence-electron chi connectivity index (χ2n) is 3.49. The van der Waals surface area contributed by atoms with Gasteiger partial charge in [-0.05, 0) is 24.3 Å². The van der Waals surface area contributed by atoms with Crippen LogP contribution >= 0.6 is 11.3 Å². The molecule has 0 fully saturated rings. The van der Waals surface area contributed by atoms with Gasteiger partial charge in [-0.3, -0.25) is 0 Å². The first-order valence-electron chi connectivity index (χ1n) is 5.39. The number of nitrogens with two attached hydrogens (primary N) is 1. The van der Waals surface area contributed by atoms with Gasteiger partial charge in [-0.15, -0.1) is 11.3 Å². The molecule has 0 saturated carbocycles. The molecule has 0 spiro atoms. The molecule has 0 aliphatic rings. The summed E-state index contributed by atoms with van der Waals surface area (Å²) in [5.74, 6) is 0.290. The van der Waals surface area contributed by atoms with Crippen molar-refractivity contribution in [3.8, 4) is 0 Å². The maximum absolute atomic E-state index is 8.31. The molecule has 0 aromatic carbocycles. The van der Waals surface area contributed by atoms with E-state index in [4.69, 9.17) is 15.7 Å². The molecule has 1 aromatic heterocycles. The molecule has 16 heavy (non-hydrogen) atoms. The third-order valence-corrected chi connectivity index (χ3v) is 3.11. The number of thiophene rings is 1. The van der Waals surface area contributed by atoms with Crippen LogP contribution in [0.2, 0.25) is 0 Å². The third kappa shape index (κ3) is 5.72. The lowest BCUT2D eigenvalue weighted by molar-refractivity contribution is 0.134. The van der Waals surface area contributed by atoms with Gasteiger partial charge in [0.05, 0.1) is 6.61 Å². The Morgan fingerprint density at radius 3 is 3.00 bits per heavy atom. The smallest absolute Gasteiger partial charge is 0.139 e. The van der Waals surface area contributed by atoms with E-state index in [0.29, 0.717) is 12.3 Å². The highest BCUT2D eigenvalue weighted by molar-refractivity contribution is 7.09. The van der Waals surface area contributed by atoms with Gasteiger partial charge < -0.3 is 15.7 Å². The fraction of sp³-hybridized carbons (Fsp3) is 0.545. The van der Waals surface area contributed by atoms with E-state index in [9.17, 15) is 0 Å². The zero-order valence-corrected chi connectivity index (χ0v) is 10.1. The highest BCUT2D eigenvalue weighted by Gasteiger charge is 1.96. The lowest BCUT2D eigenvalue weighted by atomic mass is 10.2. The summed E-state index contributed by atoms with van der Waals surface area (Å²) < 4.78 is 5.49. The van der Waals surface area contributed by atoms with Crippen molar-refractivity contribution >= 4 is 17.2 Å². The number of rotatable bonds is 8. The van der Waals surface area contributed by atoms with Crippen molar-refractivity contribution in [2.45, 2.75) is 25.7 Å². The molecule has 1 heterocycles. The number of amidine groups is 1. The summed E-state index contributed by atoms with van der Waals surface area (Å²) in [6, 6.07) is 4.17. The van der Waals surface area contributed by atoms with E-state index >= 15 is 0 Å². The Balaban J connectivity index is 1.89. The third-order valence-electron chi connectivity index (χ3n) is 2.17. The van der Waals surface area contributed by atoms with Crippen molar-refractivity contribution in [3.63, 3.8) is 0 Å². The zero-order chi connectivity index (χ0) is 11.6. The minimum atomic E-state index is 0.290. The van der Waals surface area contributed by atoms with Crippen LogP contribution in [-0.2, 0) is 11.2 Å². The first-order chi connectivity index (χ1) is 7.83. The van der Waals surface area contributed by atoms with Gasteiger partial charge in [0.2, 0.25) is 0 Å². The van der Waals surface area contributed by atoms with Crippen LogP contribution in [0, 0.1) is 0 Å². The van der Waals surface area contributed by atoms with E-state index in [-0.39, 0.29) is 0 Å². The minimum absolute atomic E-state index is 0.290. The number of hydrogen-bond donors (Lipinski definition) is 2. The average molecular weight is 242 g/mol. The normalized spacial score (nSPS) is 11.9. The van der Waals surface area contributed by atoms with E-state index in [1.54, 1.807) is 11.3 Å². The van der Waals surface area contributed by atoms with Crippen molar-refractivity contribution in [1.82, 2.24) is 0 Å². The van der Waals surface area contributed by atoms with Crippen molar-refractivity contribution < 1.29 is 9.94 Å². The molecule has 0 atom stereocenters. The van der Waals surface area contributed by atoms with Gasteiger partial charge in [-0.2, -0.15) is 0 Å². The highest BCUT2D eigenvalue weighted by Crippen LogP contribution is 2.09. The average Bonchev–Trinajstić information content (AvgIpc) is 2.80. The molecule has 0 unspecified atom stereocenters.